The molecule has 0 aromatic heterocycles. The van der Waals surface area contributed by atoms with Gasteiger partial charge in [-0.2, -0.15) is 0 Å². The quantitative estimate of drug-likeness (QED) is 0.483. The third-order valence-electron chi connectivity index (χ3n) is 4.55. The molecule has 8 heteroatoms. The molecule has 0 aliphatic heterocycles. The van der Waals surface area contributed by atoms with Gasteiger partial charge >= 0.3 is 0 Å². The molecule has 1 atom stereocenters. The maximum atomic E-state index is 12.6. The Balaban J connectivity index is 1.67. The first-order valence-electron chi connectivity index (χ1n) is 9.70. The number of ether oxygens (including phenoxy) is 1. The van der Waals surface area contributed by atoms with Gasteiger partial charge in [0.25, 0.3) is 15.9 Å². The van der Waals surface area contributed by atoms with Crippen molar-refractivity contribution in [3.05, 3.63) is 83.4 Å². The van der Waals surface area contributed by atoms with Crippen molar-refractivity contribution in [3.63, 3.8) is 0 Å². The Hall–Kier alpha value is -3.03. The lowest BCUT2D eigenvalue weighted by Crippen LogP contribution is -2.32. The summed E-state index contributed by atoms with van der Waals surface area (Å²) in [5.41, 5.74) is 1.82. The number of para-hydroxylation sites is 1. The van der Waals surface area contributed by atoms with Crippen molar-refractivity contribution in [2.75, 3.05) is 10.0 Å². The predicted molar refractivity (Wildman–Crippen MR) is 123 cm³/mol. The summed E-state index contributed by atoms with van der Waals surface area (Å²) < 4.78 is 33.5. The van der Waals surface area contributed by atoms with E-state index in [-0.39, 0.29) is 10.8 Å². The molecule has 0 saturated heterocycles. The van der Waals surface area contributed by atoms with E-state index in [1.807, 2.05) is 38.1 Å². The summed E-state index contributed by atoms with van der Waals surface area (Å²) in [7, 11) is -3.77. The molecule has 3 aromatic carbocycles. The standard InChI is InChI=1S/C23H23ClN2O4S/c1-3-21(30-22-7-5-4-6-16(22)2)23(27)25-18-12-14-20(15-13-18)31(28,29)26-19-10-8-17(24)9-11-19/h4-15,21,26H,3H2,1-2H3,(H,25,27). The number of anilines is 2. The van der Waals surface area contributed by atoms with Gasteiger partial charge in [-0.1, -0.05) is 36.7 Å². The topological polar surface area (TPSA) is 84.5 Å². The zero-order valence-electron chi connectivity index (χ0n) is 17.1. The van der Waals surface area contributed by atoms with Crippen molar-refractivity contribution in [2.24, 2.45) is 0 Å². The molecule has 0 spiro atoms. The van der Waals surface area contributed by atoms with Crippen molar-refractivity contribution in [1.29, 1.82) is 0 Å². The molecule has 0 bridgehead atoms. The average molecular weight is 459 g/mol. The molecule has 3 aromatic rings. The van der Waals surface area contributed by atoms with Crippen LogP contribution in [-0.4, -0.2) is 20.4 Å². The van der Waals surface area contributed by atoms with E-state index < -0.39 is 16.1 Å². The maximum Gasteiger partial charge on any atom is 0.265 e. The summed E-state index contributed by atoms with van der Waals surface area (Å²) in [4.78, 5) is 12.7. The van der Waals surface area contributed by atoms with Crippen LogP contribution in [0.1, 0.15) is 18.9 Å². The third-order valence-corrected chi connectivity index (χ3v) is 6.20. The molecular weight excluding hydrogens is 436 g/mol. The molecule has 6 nitrogen and oxygen atoms in total. The molecule has 31 heavy (non-hydrogen) atoms. The molecule has 0 heterocycles. The Kier molecular flexibility index (Phi) is 7.20. The highest BCUT2D eigenvalue weighted by molar-refractivity contribution is 7.92. The molecular formula is C23H23ClN2O4S. The number of amides is 1. The fourth-order valence-electron chi connectivity index (χ4n) is 2.84. The fraction of sp³-hybridized carbons (Fsp3) is 0.174. The zero-order chi connectivity index (χ0) is 22.4. The van der Waals surface area contributed by atoms with Crippen LogP contribution < -0.4 is 14.8 Å². The highest BCUT2D eigenvalue weighted by Gasteiger charge is 2.20. The predicted octanol–water partition coefficient (Wildman–Crippen LogP) is 5.25. The zero-order valence-corrected chi connectivity index (χ0v) is 18.7. The van der Waals surface area contributed by atoms with Crippen molar-refractivity contribution in [3.8, 4) is 5.75 Å². The molecule has 0 aliphatic rings. The van der Waals surface area contributed by atoms with Gasteiger partial charge in [-0.05, 0) is 73.5 Å². The van der Waals surface area contributed by atoms with Crippen molar-refractivity contribution in [2.45, 2.75) is 31.3 Å². The van der Waals surface area contributed by atoms with E-state index in [1.165, 1.54) is 24.3 Å². The summed E-state index contributed by atoms with van der Waals surface area (Å²) >= 11 is 5.82. The lowest BCUT2D eigenvalue weighted by molar-refractivity contribution is -0.122. The number of carbonyl (C=O) groups is 1. The lowest BCUT2D eigenvalue weighted by atomic mass is 10.2. The second-order valence-electron chi connectivity index (χ2n) is 6.91. The lowest BCUT2D eigenvalue weighted by Gasteiger charge is -2.18. The Morgan fingerprint density at radius 1 is 0.968 bits per heavy atom. The van der Waals surface area contributed by atoms with E-state index >= 15 is 0 Å². The van der Waals surface area contributed by atoms with Gasteiger partial charge in [-0.3, -0.25) is 9.52 Å². The molecule has 2 N–H and O–H groups in total. The molecule has 0 saturated carbocycles. The van der Waals surface area contributed by atoms with Gasteiger partial charge in [-0.15, -0.1) is 0 Å². The summed E-state index contributed by atoms with van der Waals surface area (Å²) in [6, 6.07) is 19.8. The minimum Gasteiger partial charge on any atom is -0.480 e. The highest BCUT2D eigenvalue weighted by atomic mass is 35.5. The van der Waals surface area contributed by atoms with Gasteiger partial charge in [0.05, 0.1) is 4.90 Å². The van der Waals surface area contributed by atoms with Gasteiger partial charge in [-0.25, -0.2) is 8.42 Å². The summed E-state index contributed by atoms with van der Waals surface area (Å²) in [6.07, 6.45) is -0.187. The first kappa shape index (κ1) is 22.7. The van der Waals surface area contributed by atoms with Crippen LogP contribution in [0.2, 0.25) is 5.02 Å². The van der Waals surface area contributed by atoms with Crippen LogP contribution in [0.3, 0.4) is 0 Å². The van der Waals surface area contributed by atoms with E-state index in [0.717, 1.165) is 5.56 Å². The normalized spacial score (nSPS) is 12.1. The van der Waals surface area contributed by atoms with Crippen molar-refractivity contribution >= 4 is 38.9 Å². The summed E-state index contributed by atoms with van der Waals surface area (Å²) in [6.45, 7) is 3.78. The van der Waals surface area contributed by atoms with E-state index in [1.54, 1.807) is 24.3 Å². The molecule has 3 rings (SSSR count). The van der Waals surface area contributed by atoms with E-state index in [0.29, 0.717) is 28.6 Å². The Morgan fingerprint density at radius 3 is 2.19 bits per heavy atom. The minimum absolute atomic E-state index is 0.0728. The molecule has 0 fully saturated rings. The number of aryl methyl sites for hydroxylation is 1. The monoisotopic (exact) mass is 458 g/mol. The SMILES string of the molecule is CCC(Oc1ccccc1C)C(=O)Nc1ccc(S(=O)(=O)Nc2ccc(Cl)cc2)cc1. The van der Waals surface area contributed by atoms with Gasteiger partial charge in [0, 0.05) is 16.4 Å². The Morgan fingerprint density at radius 2 is 1.58 bits per heavy atom. The Bertz CT molecular complexity index is 1150. The van der Waals surface area contributed by atoms with Gasteiger partial charge < -0.3 is 10.1 Å². The van der Waals surface area contributed by atoms with Crippen LogP contribution in [0.15, 0.2) is 77.7 Å². The van der Waals surface area contributed by atoms with Crippen LogP contribution >= 0.6 is 11.6 Å². The number of sulfonamides is 1. The number of nitrogens with one attached hydrogen (secondary N) is 2. The number of halogens is 1. The van der Waals surface area contributed by atoms with Gasteiger partial charge in [0.1, 0.15) is 5.75 Å². The second kappa shape index (κ2) is 9.85. The summed E-state index contributed by atoms with van der Waals surface area (Å²) in [5.74, 6) is 0.347. The minimum atomic E-state index is -3.77. The van der Waals surface area contributed by atoms with Gasteiger partial charge in [0.2, 0.25) is 0 Å². The largest absolute Gasteiger partial charge is 0.480 e. The maximum absolute atomic E-state index is 12.6. The fourth-order valence-corrected chi connectivity index (χ4v) is 4.02. The van der Waals surface area contributed by atoms with Crippen LogP contribution in [0.4, 0.5) is 11.4 Å². The van der Waals surface area contributed by atoms with Crippen LogP contribution in [0.5, 0.6) is 5.75 Å². The Labute approximate surface area is 187 Å². The van der Waals surface area contributed by atoms with Gasteiger partial charge in [0.15, 0.2) is 6.10 Å². The average Bonchev–Trinajstić information content (AvgIpc) is 2.75. The second-order valence-corrected chi connectivity index (χ2v) is 9.03. The first-order chi connectivity index (χ1) is 14.8. The summed E-state index contributed by atoms with van der Waals surface area (Å²) in [5, 5.41) is 3.29. The molecule has 162 valence electrons. The third kappa shape index (κ3) is 5.99. The molecule has 1 amide bonds. The van der Waals surface area contributed by atoms with Crippen LogP contribution in [0, 0.1) is 6.92 Å². The number of carbonyl (C=O) groups excluding carboxylic acids is 1. The van der Waals surface area contributed by atoms with E-state index in [9.17, 15) is 13.2 Å². The highest BCUT2D eigenvalue weighted by Crippen LogP contribution is 2.22. The smallest absolute Gasteiger partial charge is 0.265 e. The molecule has 1 unspecified atom stereocenters. The molecule has 0 radical (unpaired) electrons. The first-order valence-corrected chi connectivity index (χ1v) is 11.6. The number of benzene rings is 3. The molecule has 0 aliphatic carbocycles. The van der Waals surface area contributed by atoms with Crippen LogP contribution in [0.25, 0.3) is 0 Å². The van der Waals surface area contributed by atoms with Crippen LogP contribution in [-0.2, 0) is 14.8 Å². The number of hydrogen-bond donors (Lipinski definition) is 2. The number of hydrogen-bond acceptors (Lipinski definition) is 4. The van der Waals surface area contributed by atoms with Crippen molar-refractivity contribution in [1.82, 2.24) is 0 Å². The van der Waals surface area contributed by atoms with E-state index in [2.05, 4.69) is 10.0 Å². The number of rotatable bonds is 8. The van der Waals surface area contributed by atoms with Crippen molar-refractivity contribution < 1.29 is 17.9 Å². The van der Waals surface area contributed by atoms with E-state index in [4.69, 9.17) is 16.3 Å².